The Labute approximate surface area is 128 Å². The van der Waals surface area contributed by atoms with Gasteiger partial charge < -0.3 is 5.32 Å². The van der Waals surface area contributed by atoms with Gasteiger partial charge in [0, 0.05) is 30.2 Å². The third kappa shape index (κ3) is 3.06. The molecule has 0 aliphatic heterocycles. The van der Waals surface area contributed by atoms with Crippen LogP contribution in [0.25, 0.3) is 5.82 Å². The second-order valence-corrected chi connectivity index (χ2v) is 5.19. The van der Waals surface area contributed by atoms with Crippen molar-refractivity contribution in [3.8, 4) is 5.82 Å². The van der Waals surface area contributed by atoms with Gasteiger partial charge in [0.05, 0.1) is 5.69 Å². The molecule has 0 spiro atoms. The van der Waals surface area contributed by atoms with E-state index in [1.807, 2.05) is 42.6 Å². The van der Waals surface area contributed by atoms with Crippen LogP contribution in [0.5, 0.6) is 0 Å². The fraction of sp³-hybridized carbons (Fsp3) is 0.125. The van der Waals surface area contributed by atoms with Gasteiger partial charge in [-0.3, -0.25) is 0 Å². The summed E-state index contributed by atoms with van der Waals surface area (Å²) in [7, 11) is 0. The van der Waals surface area contributed by atoms with Crippen LogP contribution in [-0.2, 0) is 6.54 Å². The predicted molar refractivity (Wildman–Crippen MR) is 84.9 cm³/mol. The van der Waals surface area contributed by atoms with E-state index < -0.39 is 0 Å². The lowest BCUT2D eigenvalue weighted by molar-refractivity contribution is 0.846. The number of pyridine rings is 1. The van der Waals surface area contributed by atoms with Crippen molar-refractivity contribution in [3.63, 3.8) is 0 Å². The van der Waals surface area contributed by atoms with Crippen LogP contribution in [0.15, 0.2) is 55.0 Å². The topological polar surface area (TPSA) is 42.7 Å². The molecule has 0 aliphatic carbocycles. The van der Waals surface area contributed by atoms with Crippen molar-refractivity contribution in [2.24, 2.45) is 0 Å². The minimum Gasteiger partial charge on any atom is -0.378 e. The van der Waals surface area contributed by atoms with Gasteiger partial charge in [-0.05, 0) is 48.4 Å². The minimum absolute atomic E-state index is 0.711. The zero-order valence-corrected chi connectivity index (χ0v) is 12.4. The monoisotopic (exact) mass is 298 g/mol. The minimum atomic E-state index is 0.711. The van der Waals surface area contributed by atoms with Gasteiger partial charge in [-0.2, -0.15) is 5.10 Å². The molecule has 3 aromatic rings. The van der Waals surface area contributed by atoms with Crippen molar-refractivity contribution in [1.82, 2.24) is 14.8 Å². The Morgan fingerprint density at radius 2 is 2.10 bits per heavy atom. The van der Waals surface area contributed by atoms with E-state index in [1.165, 1.54) is 11.1 Å². The third-order valence-corrected chi connectivity index (χ3v) is 3.52. The van der Waals surface area contributed by atoms with Crippen LogP contribution in [0.3, 0.4) is 0 Å². The van der Waals surface area contributed by atoms with Gasteiger partial charge in [0.15, 0.2) is 5.82 Å². The zero-order valence-electron chi connectivity index (χ0n) is 11.6. The standard InChI is InChI=1S/C16H15ClN4/c1-12-10-14(17)6-5-13(12)11-19-15-4-2-7-18-16(15)21-9-3-8-20-21/h2-10,19H,11H2,1H3. The fourth-order valence-electron chi connectivity index (χ4n) is 2.16. The van der Waals surface area contributed by atoms with Crippen LogP contribution in [0.2, 0.25) is 5.02 Å². The van der Waals surface area contributed by atoms with Crippen molar-refractivity contribution in [2.45, 2.75) is 13.5 Å². The van der Waals surface area contributed by atoms with Gasteiger partial charge in [0.2, 0.25) is 0 Å². The Morgan fingerprint density at radius 1 is 1.19 bits per heavy atom. The molecule has 4 nitrogen and oxygen atoms in total. The summed E-state index contributed by atoms with van der Waals surface area (Å²) in [5, 5.41) is 8.40. The molecule has 0 bridgehead atoms. The molecule has 1 N–H and O–H groups in total. The number of rotatable bonds is 4. The molecule has 2 heterocycles. The first-order chi connectivity index (χ1) is 10.2. The van der Waals surface area contributed by atoms with E-state index in [2.05, 4.69) is 22.3 Å². The maximum atomic E-state index is 5.98. The van der Waals surface area contributed by atoms with E-state index in [1.54, 1.807) is 17.1 Å². The van der Waals surface area contributed by atoms with Gasteiger partial charge in [-0.1, -0.05) is 17.7 Å². The maximum absolute atomic E-state index is 5.98. The average Bonchev–Trinajstić information content (AvgIpc) is 3.01. The van der Waals surface area contributed by atoms with Gasteiger partial charge in [0.25, 0.3) is 0 Å². The smallest absolute Gasteiger partial charge is 0.176 e. The zero-order chi connectivity index (χ0) is 14.7. The number of hydrogen-bond acceptors (Lipinski definition) is 3. The van der Waals surface area contributed by atoms with Crippen molar-refractivity contribution >= 4 is 17.3 Å². The van der Waals surface area contributed by atoms with Crippen LogP contribution in [0.4, 0.5) is 5.69 Å². The molecule has 0 aliphatic rings. The molecular formula is C16H15ClN4. The highest BCUT2D eigenvalue weighted by molar-refractivity contribution is 6.30. The second-order valence-electron chi connectivity index (χ2n) is 4.75. The Morgan fingerprint density at radius 3 is 2.86 bits per heavy atom. The number of hydrogen-bond donors (Lipinski definition) is 1. The Balaban J connectivity index is 1.83. The molecule has 1 aromatic carbocycles. The maximum Gasteiger partial charge on any atom is 0.176 e. The highest BCUT2D eigenvalue weighted by Gasteiger charge is 2.06. The second kappa shape index (κ2) is 5.97. The molecule has 2 aromatic heterocycles. The van der Waals surface area contributed by atoms with Gasteiger partial charge in [0.1, 0.15) is 0 Å². The molecule has 21 heavy (non-hydrogen) atoms. The number of nitrogens with one attached hydrogen (secondary N) is 1. The summed E-state index contributed by atoms with van der Waals surface area (Å²) in [6, 6.07) is 11.7. The predicted octanol–water partition coefficient (Wildman–Crippen LogP) is 3.84. The molecule has 0 unspecified atom stereocenters. The molecule has 5 heteroatoms. The summed E-state index contributed by atoms with van der Waals surface area (Å²) < 4.78 is 1.75. The fourth-order valence-corrected chi connectivity index (χ4v) is 2.39. The molecule has 0 atom stereocenters. The van der Waals surface area contributed by atoms with Gasteiger partial charge >= 0.3 is 0 Å². The molecule has 106 valence electrons. The van der Waals surface area contributed by atoms with Crippen LogP contribution in [-0.4, -0.2) is 14.8 Å². The molecular weight excluding hydrogens is 284 g/mol. The molecule has 0 saturated heterocycles. The van der Waals surface area contributed by atoms with Crippen molar-refractivity contribution in [2.75, 3.05) is 5.32 Å². The third-order valence-electron chi connectivity index (χ3n) is 3.28. The summed E-state index contributed by atoms with van der Waals surface area (Å²) in [5.74, 6) is 0.786. The lowest BCUT2D eigenvalue weighted by atomic mass is 10.1. The van der Waals surface area contributed by atoms with Crippen LogP contribution >= 0.6 is 11.6 Å². The Bertz CT molecular complexity index is 738. The first-order valence-corrected chi connectivity index (χ1v) is 7.06. The van der Waals surface area contributed by atoms with Crippen molar-refractivity contribution < 1.29 is 0 Å². The highest BCUT2D eigenvalue weighted by Crippen LogP contribution is 2.20. The summed E-state index contributed by atoms with van der Waals surface area (Å²) in [5.41, 5.74) is 3.31. The molecule has 0 amide bonds. The van der Waals surface area contributed by atoms with Crippen molar-refractivity contribution in [1.29, 1.82) is 0 Å². The first-order valence-electron chi connectivity index (χ1n) is 6.68. The number of aryl methyl sites for hydroxylation is 1. The summed E-state index contributed by atoms with van der Waals surface area (Å²) in [4.78, 5) is 4.39. The molecule has 3 rings (SSSR count). The van der Waals surface area contributed by atoms with E-state index >= 15 is 0 Å². The molecule has 0 fully saturated rings. The van der Waals surface area contributed by atoms with E-state index in [9.17, 15) is 0 Å². The Hall–Kier alpha value is -2.33. The van der Waals surface area contributed by atoms with Crippen molar-refractivity contribution in [3.05, 3.63) is 71.1 Å². The number of aromatic nitrogens is 3. The van der Waals surface area contributed by atoms with E-state index in [-0.39, 0.29) is 0 Å². The van der Waals surface area contributed by atoms with Crippen LogP contribution in [0, 0.1) is 6.92 Å². The highest BCUT2D eigenvalue weighted by atomic mass is 35.5. The van der Waals surface area contributed by atoms with E-state index in [0.717, 1.165) is 16.5 Å². The molecule has 0 saturated carbocycles. The van der Waals surface area contributed by atoms with Gasteiger partial charge in [-0.25, -0.2) is 9.67 Å². The normalized spacial score (nSPS) is 10.6. The largest absolute Gasteiger partial charge is 0.378 e. The van der Waals surface area contributed by atoms with E-state index in [4.69, 9.17) is 11.6 Å². The van der Waals surface area contributed by atoms with Crippen LogP contribution < -0.4 is 5.32 Å². The quantitative estimate of drug-likeness (QED) is 0.796. The number of anilines is 1. The average molecular weight is 299 g/mol. The lowest BCUT2D eigenvalue weighted by Crippen LogP contribution is -2.07. The number of nitrogens with zero attached hydrogens (tertiary/aromatic N) is 3. The Kier molecular flexibility index (Phi) is 3.88. The number of halogens is 1. The number of benzene rings is 1. The SMILES string of the molecule is Cc1cc(Cl)ccc1CNc1cccnc1-n1cccn1. The first kappa shape index (κ1) is 13.6. The van der Waals surface area contributed by atoms with Crippen LogP contribution in [0.1, 0.15) is 11.1 Å². The van der Waals surface area contributed by atoms with E-state index in [0.29, 0.717) is 6.54 Å². The summed E-state index contributed by atoms with van der Waals surface area (Å²) in [6.45, 7) is 2.77. The summed E-state index contributed by atoms with van der Waals surface area (Å²) in [6.07, 6.45) is 5.37. The molecule has 0 radical (unpaired) electrons. The van der Waals surface area contributed by atoms with Gasteiger partial charge in [-0.15, -0.1) is 0 Å². The summed E-state index contributed by atoms with van der Waals surface area (Å²) >= 11 is 5.98. The lowest BCUT2D eigenvalue weighted by Gasteiger charge is -2.12.